The van der Waals surface area contributed by atoms with E-state index in [2.05, 4.69) is 9.97 Å². The summed E-state index contributed by atoms with van der Waals surface area (Å²) in [5.74, 6) is 0. The summed E-state index contributed by atoms with van der Waals surface area (Å²) in [4.78, 5) is 18.0. The molecule has 116 valence electrons. The van der Waals surface area contributed by atoms with E-state index in [1.807, 2.05) is 0 Å². The van der Waals surface area contributed by atoms with E-state index in [-0.39, 0.29) is 20.8 Å². The van der Waals surface area contributed by atoms with E-state index in [1.165, 1.54) is 0 Å². The summed E-state index contributed by atoms with van der Waals surface area (Å²) in [6.07, 6.45) is 0. The fourth-order valence-corrected chi connectivity index (χ4v) is 3.63. The van der Waals surface area contributed by atoms with Crippen LogP contribution in [0.4, 0.5) is 5.69 Å². The van der Waals surface area contributed by atoms with Crippen LogP contribution in [0.2, 0.25) is 5.15 Å². The Labute approximate surface area is 135 Å². The molecular formula is C14H8ClN3O4S. The summed E-state index contributed by atoms with van der Waals surface area (Å²) in [6, 6.07) is 11.2. The topological polar surface area (TPSA) is 103 Å². The molecule has 23 heavy (non-hydrogen) atoms. The second kappa shape index (κ2) is 5.56. The van der Waals surface area contributed by atoms with Gasteiger partial charge < -0.3 is 0 Å². The maximum atomic E-state index is 12.6. The van der Waals surface area contributed by atoms with Crippen molar-refractivity contribution in [1.29, 1.82) is 0 Å². The number of hydrogen-bond acceptors (Lipinski definition) is 6. The highest BCUT2D eigenvalue weighted by Gasteiger charge is 2.25. The van der Waals surface area contributed by atoms with Crippen molar-refractivity contribution in [3.63, 3.8) is 0 Å². The highest BCUT2D eigenvalue weighted by Crippen LogP contribution is 2.27. The Morgan fingerprint density at radius 3 is 2.09 bits per heavy atom. The van der Waals surface area contributed by atoms with Gasteiger partial charge in [0.25, 0.3) is 5.69 Å². The predicted octanol–water partition coefficient (Wildman–Crippen LogP) is 3.02. The zero-order valence-corrected chi connectivity index (χ0v) is 13.0. The molecular weight excluding hydrogens is 342 g/mol. The fraction of sp³-hybridized carbons (Fsp3) is 0. The van der Waals surface area contributed by atoms with Gasteiger partial charge in [-0.15, -0.1) is 0 Å². The highest BCUT2D eigenvalue weighted by atomic mass is 35.5. The number of nitrogens with zero attached hydrogens (tertiary/aromatic N) is 3. The number of hydrogen-bond donors (Lipinski definition) is 0. The second-order valence-electron chi connectivity index (χ2n) is 4.56. The first-order valence-electron chi connectivity index (χ1n) is 6.31. The van der Waals surface area contributed by atoms with Crippen LogP contribution in [0.1, 0.15) is 0 Å². The first-order chi connectivity index (χ1) is 10.9. The molecule has 0 bridgehead atoms. The van der Waals surface area contributed by atoms with Crippen LogP contribution >= 0.6 is 11.6 Å². The molecule has 0 aliphatic rings. The Morgan fingerprint density at radius 2 is 1.52 bits per heavy atom. The number of rotatable bonds is 3. The van der Waals surface area contributed by atoms with Gasteiger partial charge in [-0.3, -0.25) is 10.1 Å². The predicted molar refractivity (Wildman–Crippen MR) is 83.1 cm³/mol. The summed E-state index contributed by atoms with van der Waals surface area (Å²) in [5, 5.41) is 10.0. The van der Waals surface area contributed by atoms with Gasteiger partial charge in [-0.1, -0.05) is 23.7 Å². The highest BCUT2D eigenvalue weighted by molar-refractivity contribution is 7.91. The molecule has 0 aliphatic heterocycles. The average molecular weight is 350 g/mol. The monoisotopic (exact) mass is 349 g/mol. The van der Waals surface area contributed by atoms with Gasteiger partial charge in [0, 0.05) is 12.1 Å². The molecule has 0 radical (unpaired) electrons. The van der Waals surface area contributed by atoms with Crippen molar-refractivity contribution >= 4 is 38.2 Å². The third kappa shape index (κ3) is 2.73. The molecule has 3 aromatic rings. The lowest BCUT2D eigenvalue weighted by Crippen LogP contribution is -2.07. The van der Waals surface area contributed by atoms with E-state index < -0.39 is 14.8 Å². The molecule has 0 N–H and O–H groups in total. The number of aromatic nitrogens is 2. The summed E-state index contributed by atoms with van der Waals surface area (Å²) in [6.45, 7) is 0. The molecule has 2 aromatic carbocycles. The lowest BCUT2D eigenvalue weighted by Gasteiger charge is -2.06. The SMILES string of the molecule is O=[N+]([O-])c1ccc(S(=O)(=O)c2nc3ccccc3nc2Cl)cc1. The number of nitro groups is 1. The minimum Gasteiger partial charge on any atom is -0.258 e. The summed E-state index contributed by atoms with van der Waals surface area (Å²) >= 11 is 5.96. The van der Waals surface area contributed by atoms with Crippen LogP contribution in [0.15, 0.2) is 58.5 Å². The molecule has 9 heteroatoms. The molecule has 3 rings (SSSR count). The van der Waals surface area contributed by atoms with Crippen molar-refractivity contribution in [2.24, 2.45) is 0 Å². The normalized spacial score (nSPS) is 11.5. The van der Waals surface area contributed by atoms with Gasteiger partial charge in [0.1, 0.15) is 0 Å². The first-order valence-corrected chi connectivity index (χ1v) is 8.17. The first kappa shape index (κ1) is 15.3. The second-order valence-corrected chi connectivity index (χ2v) is 6.79. The van der Waals surface area contributed by atoms with E-state index in [9.17, 15) is 18.5 Å². The molecule has 0 saturated heterocycles. The molecule has 1 heterocycles. The van der Waals surface area contributed by atoms with Crippen LogP contribution in [0.5, 0.6) is 0 Å². The van der Waals surface area contributed by atoms with E-state index in [1.54, 1.807) is 24.3 Å². The van der Waals surface area contributed by atoms with Crippen molar-refractivity contribution < 1.29 is 13.3 Å². The van der Waals surface area contributed by atoms with E-state index in [0.29, 0.717) is 11.0 Å². The van der Waals surface area contributed by atoms with Gasteiger partial charge in [-0.05, 0) is 24.3 Å². The molecule has 7 nitrogen and oxygen atoms in total. The van der Waals surface area contributed by atoms with Gasteiger partial charge in [0.15, 0.2) is 10.2 Å². The number of nitro benzene ring substituents is 1. The lowest BCUT2D eigenvalue weighted by molar-refractivity contribution is -0.384. The minimum absolute atomic E-state index is 0.144. The molecule has 1 aromatic heterocycles. The third-order valence-electron chi connectivity index (χ3n) is 3.11. The van der Waals surface area contributed by atoms with Crippen LogP contribution < -0.4 is 0 Å². The maximum absolute atomic E-state index is 12.6. The van der Waals surface area contributed by atoms with Crippen LogP contribution in [0, 0.1) is 10.1 Å². The smallest absolute Gasteiger partial charge is 0.258 e. The standard InChI is InChI=1S/C14H8ClN3O4S/c15-13-14(17-12-4-2-1-3-11(12)16-13)23(21,22)10-7-5-9(6-8-10)18(19)20/h1-8H. The largest absolute Gasteiger partial charge is 0.269 e. The zero-order valence-electron chi connectivity index (χ0n) is 11.4. The van der Waals surface area contributed by atoms with E-state index in [0.717, 1.165) is 24.3 Å². The van der Waals surface area contributed by atoms with Crippen LogP contribution in [-0.4, -0.2) is 23.3 Å². The number of para-hydroxylation sites is 2. The van der Waals surface area contributed by atoms with Crippen LogP contribution in [-0.2, 0) is 9.84 Å². The molecule has 0 unspecified atom stereocenters. The third-order valence-corrected chi connectivity index (χ3v) is 5.17. The number of sulfone groups is 1. The molecule has 0 fully saturated rings. The fourth-order valence-electron chi connectivity index (χ4n) is 1.99. The summed E-state index contributed by atoms with van der Waals surface area (Å²) in [7, 11) is -4.03. The van der Waals surface area contributed by atoms with Crippen molar-refractivity contribution in [2.75, 3.05) is 0 Å². The Morgan fingerprint density at radius 1 is 0.957 bits per heavy atom. The summed E-state index contributed by atoms with van der Waals surface area (Å²) in [5.41, 5.74) is 0.650. The van der Waals surface area contributed by atoms with Gasteiger partial charge in [0.2, 0.25) is 9.84 Å². The van der Waals surface area contributed by atoms with Crippen molar-refractivity contribution in [3.05, 3.63) is 63.8 Å². The Balaban J connectivity index is 2.15. The van der Waals surface area contributed by atoms with E-state index in [4.69, 9.17) is 11.6 Å². The molecule has 0 atom stereocenters. The average Bonchev–Trinajstić information content (AvgIpc) is 2.54. The number of fused-ring (bicyclic) bond motifs is 1. The Hall–Kier alpha value is -2.58. The van der Waals surface area contributed by atoms with Crippen LogP contribution in [0.3, 0.4) is 0 Å². The lowest BCUT2D eigenvalue weighted by atomic mass is 10.3. The number of halogens is 1. The Kier molecular flexibility index (Phi) is 3.70. The molecule has 0 saturated carbocycles. The van der Waals surface area contributed by atoms with Crippen molar-refractivity contribution in [3.8, 4) is 0 Å². The van der Waals surface area contributed by atoms with Crippen molar-refractivity contribution in [1.82, 2.24) is 9.97 Å². The maximum Gasteiger partial charge on any atom is 0.269 e. The van der Waals surface area contributed by atoms with Gasteiger partial charge in [-0.2, -0.15) is 0 Å². The molecule has 0 spiro atoms. The van der Waals surface area contributed by atoms with Crippen molar-refractivity contribution in [2.45, 2.75) is 9.92 Å². The summed E-state index contributed by atoms with van der Waals surface area (Å²) < 4.78 is 25.2. The number of benzene rings is 2. The van der Waals surface area contributed by atoms with Gasteiger partial charge >= 0.3 is 0 Å². The Bertz CT molecular complexity index is 1020. The van der Waals surface area contributed by atoms with E-state index >= 15 is 0 Å². The van der Waals surface area contributed by atoms with Gasteiger partial charge in [-0.25, -0.2) is 18.4 Å². The van der Waals surface area contributed by atoms with Gasteiger partial charge in [0.05, 0.1) is 20.9 Å². The zero-order chi connectivity index (χ0) is 16.6. The molecule has 0 aliphatic carbocycles. The number of non-ortho nitro benzene ring substituents is 1. The quantitative estimate of drug-likeness (QED) is 0.531. The van der Waals surface area contributed by atoms with Crippen LogP contribution in [0.25, 0.3) is 11.0 Å². The minimum atomic E-state index is -4.03. The molecule has 0 amide bonds.